The molecule has 39 heavy (non-hydrogen) atoms. The van der Waals surface area contributed by atoms with Crippen molar-refractivity contribution in [3.8, 4) is 10.4 Å². The van der Waals surface area contributed by atoms with Gasteiger partial charge in [-0.05, 0) is 67.9 Å². The number of aromatic nitrogens is 3. The van der Waals surface area contributed by atoms with Gasteiger partial charge in [0.1, 0.15) is 18.2 Å². The molecule has 2 heterocycles. The highest BCUT2D eigenvalue weighted by atomic mass is 32.1. The minimum atomic E-state index is -4.61. The maximum atomic E-state index is 14.0. The smallest absolute Gasteiger partial charge is 0.346 e. The molecule has 0 bridgehead atoms. The van der Waals surface area contributed by atoms with Crippen LogP contribution in [-0.2, 0) is 36.8 Å². The molecule has 0 saturated heterocycles. The number of halogens is 5. The van der Waals surface area contributed by atoms with Crippen LogP contribution in [0.2, 0.25) is 0 Å². The van der Waals surface area contributed by atoms with E-state index in [0.29, 0.717) is 36.2 Å². The number of thiazole rings is 1. The molecule has 1 aliphatic carbocycles. The van der Waals surface area contributed by atoms with Gasteiger partial charge in [-0.3, -0.25) is 9.48 Å². The molecule has 2 aromatic carbocycles. The molecule has 0 aliphatic heterocycles. The lowest BCUT2D eigenvalue weighted by molar-refractivity contribution is -0.142. The summed E-state index contributed by atoms with van der Waals surface area (Å²) in [5, 5.41) is 6.63. The Morgan fingerprint density at radius 2 is 1.82 bits per heavy atom. The fourth-order valence-corrected chi connectivity index (χ4v) is 6.06. The Kier molecular flexibility index (Phi) is 7.53. The predicted octanol–water partition coefficient (Wildman–Crippen LogP) is 6.59. The van der Waals surface area contributed by atoms with E-state index in [4.69, 9.17) is 0 Å². The van der Waals surface area contributed by atoms with Crippen LogP contribution in [-0.4, -0.2) is 20.7 Å². The number of hydrogen-bond donors (Lipinski definition) is 1. The first-order valence-corrected chi connectivity index (χ1v) is 13.4. The van der Waals surface area contributed by atoms with E-state index in [1.807, 2.05) is 31.2 Å². The summed E-state index contributed by atoms with van der Waals surface area (Å²) >= 11 is 1.36. The van der Waals surface area contributed by atoms with Crippen molar-refractivity contribution in [3.63, 3.8) is 0 Å². The van der Waals surface area contributed by atoms with E-state index in [1.165, 1.54) is 23.5 Å². The summed E-state index contributed by atoms with van der Waals surface area (Å²) in [6.07, 6.45) is -2.58. The van der Waals surface area contributed by atoms with E-state index >= 15 is 0 Å². The first kappa shape index (κ1) is 27.0. The topological polar surface area (TPSA) is 59.8 Å². The van der Waals surface area contributed by atoms with Crippen LogP contribution in [0.3, 0.4) is 0 Å². The number of carbonyl (C=O) groups is 1. The molecule has 1 aliphatic rings. The second kappa shape index (κ2) is 10.9. The van der Waals surface area contributed by atoms with E-state index in [9.17, 15) is 26.7 Å². The van der Waals surface area contributed by atoms with Gasteiger partial charge >= 0.3 is 6.18 Å². The first-order valence-electron chi connectivity index (χ1n) is 12.5. The number of amides is 1. The lowest BCUT2D eigenvalue weighted by Crippen LogP contribution is -2.34. The molecule has 5 nitrogen and oxygen atoms in total. The van der Waals surface area contributed by atoms with Crippen molar-refractivity contribution >= 4 is 17.2 Å². The molecule has 0 saturated carbocycles. The third-order valence-electron chi connectivity index (χ3n) is 6.83. The van der Waals surface area contributed by atoms with Gasteiger partial charge in [0, 0.05) is 17.3 Å². The predicted molar refractivity (Wildman–Crippen MR) is 137 cm³/mol. The molecule has 11 heteroatoms. The van der Waals surface area contributed by atoms with Crippen LogP contribution in [0, 0.1) is 18.6 Å². The summed E-state index contributed by atoms with van der Waals surface area (Å²) in [6, 6.07) is 9.96. The van der Waals surface area contributed by atoms with Gasteiger partial charge in [0.15, 0.2) is 5.69 Å². The number of alkyl halides is 3. The fourth-order valence-electron chi connectivity index (χ4n) is 5.12. The number of fused-ring (bicyclic) bond motifs is 1. The number of rotatable bonds is 7. The van der Waals surface area contributed by atoms with Crippen molar-refractivity contribution in [2.45, 2.75) is 57.8 Å². The van der Waals surface area contributed by atoms with Crippen molar-refractivity contribution < 1.29 is 26.7 Å². The van der Waals surface area contributed by atoms with Crippen LogP contribution in [0.15, 0.2) is 48.0 Å². The largest absolute Gasteiger partial charge is 0.435 e. The van der Waals surface area contributed by atoms with Gasteiger partial charge in [0.05, 0.1) is 22.1 Å². The van der Waals surface area contributed by atoms with Crippen LogP contribution in [0.1, 0.15) is 52.7 Å². The summed E-state index contributed by atoms with van der Waals surface area (Å²) in [4.78, 5) is 18.5. The molecular weight excluding hydrogens is 535 g/mol. The summed E-state index contributed by atoms with van der Waals surface area (Å²) in [6.45, 7) is 1.52. The van der Waals surface area contributed by atoms with Gasteiger partial charge in [-0.25, -0.2) is 13.8 Å². The van der Waals surface area contributed by atoms with Crippen molar-refractivity contribution in [2.24, 2.45) is 0 Å². The SMILES string of the molecule is Cc1ccccc1-c1scnc1C(Cc1cc(F)cc(F)c1)NC(=O)Cn1nc(C(F)(F)F)c2c1CCCC2. The highest BCUT2D eigenvalue weighted by Gasteiger charge is 2.39. The molecule has 1 amide bonds. The Bertz CT molecular complexity index is 1490. The molecule has 2 aromatic heterocycles. The monoisotopic (exact) mass is 560 g/mol. The summed E-state index contributed by atoms with van der Waals surface area (Å²) in [5.74, 6) is -2.09. The summed E-state index contributed by atoms with van der Waals surface area (Å²) in [5.41, 5.74) is 3.93. The molecule has 5 rings (SSSR count). The Hall–Kier alpha value is -3.60. The van der Waals surface area contributed by atoms with Gasteiger partial charge in [0.2, 0.25) is 5.91 Å². The molecule has 4 aromatic rings. The third kappa shape index (κ3) is 5.88. The molecule has 0 spiro atoms. The molecule has 1 unspecified atom stereocenters. The number of hydrogen-bond acceptors (Lipinski definition) is 4. The van der Waals surface area contributed by atoms with E-state index in [1.54, 1.807) is 5.51 Å². The molecule has 204 valence electrons. The Morgan fingerprint density at radius 1 is 1.10 bits per heavy atom. The third-order valence-corrected chi connectivity index (χ3v) is 7.71. The van der Waals surface area contributed by atoms with Gasteiger partial charge in [-0.1, -0.05) is 24.3 Å². The molecule has 0 radical (unpaired) electrons. The molecular formula is C28H25F5N4OS. The minimum Gasteiger partial charge on any atom is -0.346 e. The maximum absolute atomic E-state index is 14.0. The van der Waals surface area contributed by atoms with E-state index in [0.717, 1.165) is 26.8 Å². The first-order chi connectivity index (χ1) is 18.6. The lowest BCUT2D eigenvalue weighted by atomic mass is 9.95. The highest BCUT2D eigenvalue weighted by molar-refractivity contribution is 7.13. The van der Waals surface area contributed by atoms with Gasteiger partial charge in [-0.15, -0.1) is 11.3 Å². The minimum absolute atomic E-state index is 0.0219. The zero-order valence-electron chi connectivity index (χ0n) is 21.0. The van der Waals surface area contributed by atoms with Crippen LogP contribution < -0.4 is 5.32 Å². The number of benzene rings is 2. The zero-order valence-corrected chi connectivity index (χ0v) is 21.8. The maximum Gasteiger partial charge on any atom is 0.435 e. The summed E-state index contributed by atoms with van der Waals surface area (Å²) < 4.78 is 70.0. The van der Waals surface area contributed by atoms with Crippen LogP contribution in [0.25, 0.3) is 10.4 Å². The summed E-state index contributed by atoms with van der Waals surface area (Å²) in [7, 11) is 0. The van der Waals surface area contributed by atoms with Gasteiger partial charge in [0.25, 0.3) is 0 Å². The van der Waals surface area contributed by atoms with Crippen LogP contribution in [0.5, 0.6) is 0 Å². The Labute approximate surface area is 225 Å². The Morgan fingerprint density at radius 3 is 2.54 bits per heavy atom. The zero-order chi connectivity index (χ0) is 27.7. The van der Waals surface area contributed by atoms with Crippen LogP contribution >= 0.6 is 11.3 Å². The van der Waals surface area contributed by atoms with Crippen molar-refractivity contribution in [1.82, 2.24) is 20.1 Å². The highest BCUT2D eigenvalue weighted by Crippen LogP contribution is 2.37. The standard InChI is InChI=1S/C28H25F5N4OS/c1-16-6-2-3-7-20(16)26-25(34-15-39-26)22(12-17-10-18(29)13-19(30)11-17)35-24(38)14-37-23-9-5-4-8-21(23)27(36-37)28(31,32)33/h2-3,6-7,10-11,13,15,22H,4-5,8-9,12,14H2,1H3,(H,35,38). The van der Waals surface area contributed by atoms with Crippen LogP contribution in [0.4, 0.5) is 22.0 Å². The van der Waals surface area contributed by atoms with E-state index < -0.39 is 42.0 Å². The number of carbonyl (C=O) groups excluding carboxylic acids is 1. The quantitative estimate of drug-likeness (QED) is 0.260. The second-order valence-electron chi connectivity index (χ2n) is 9.62. The van der Waals surface area contributed by atoms with E-state index in [2.05, 4.69) is 15.4 Å². The van der Waals surface area contributed by atoms with Crippen molar-refractivity contribution in [2.75, 3.05) is 0 Å². The number of nitrogens with zero attached hydrogens (tertiary/aromatic N) is 3. The normalized spacial score (nSPS) is 14.2. The van der Waals surface area contributed by atoms with Crippen molar-refractivity contribution in [1.29, 1.82) is 0 Å². The van der Waals surface area contributed by atoms with Gasteiger partial charge < -0.3 is 5.32 Å². The lowest BCUT2D eigenvalue weighted by Gasteiger charge is -2.20. The van der Waals surface area contributed by atoms with Crippen molar-refractivity contribution in [3.05, 3.63) is 93.4 Å². The fraction of sp³-hybridized carbons (Fsp3) is 0.321. The average molecular weight is 561 g/mol. The average Bonchev–Trinajstić information content (AvgIpc) is 3.49. The Balaban J connectivity index is 1.48. The second-order valence-corrected chi connectivity index (χ2v) is 10.5. The van der Waals surface area contributed by atoms with E-state index in [-0.39, 0.29) is 18.4 Å². The number of nitrogens with one attached hydrogen (secondary N) is 1. The molecule has 0 fully saturated rings. The molecule has 1 atom stereocenters. The number of aryl methyl sites for hydroxylation is 1. The molecule has 1 N–H and O–H groups in total. The van der Waals surface area contributed by atoms with Gasteiger partial charge in [-0.2, -0.15) is 18.3 Å².